The van der Waals surface area contributed by atoms with Crippen molar-refractivity contribution < 1.29 is 14.3 Å². The summed E-state index contributed by atoms with van der Waals surface area (Å²) in [4.78, 5) is 19.0. The number of ether oxygens (including phenoxy) is 2. The first-order chi connectivity index (χ1) is 17.2. The summed E-state index contributed by atoms with van der Waals surface area (Å²) >= 11 is 0. The third kappa shape index (κ3) is 5.95. The minimum absolute atomic E-state index is 0.0534. The average molecular weight is 485 g/mol. The fraction of sp³-hybridized carbons (Fsp3) is 0.345. The van der Waals surface area contributed by atoms with Gasteiger partial charge < -0.3 is 20.1 Å². The van der Waals surface area contributed by atoms with Gasteiger partial charge in [-0.25, -0.2) is 9.78 Å². The van der Waals surface area contributed by atoms with Gasteiger partial charge in [0.1, 0.15) is 29.8 Å². The van der Waals surface area contributed by atoms with Crippen molar-refractivity contribution in [3.63, 3.8) is 0 Å². The molecule has 7 nitrogen and oxygen atoms in total. The number of hydrogen-bond acceptors (Lipinski definition) is 6. The first-order valence-electron chi connectivity index (χ1n) is 12.2. The van der Waals surface area contributed by atoms with Gasteiger partial charge >= 0.3 is 6.09 Å². The van der Waals surface area contributed by atoms with Crippen molar-refractivity contribution in [2.75, 3.05) is 18.8 Å². The fourth-order valence-electron chi connectivity index (χ4n) is 4.43. The largest absolute Gasteiger partial charge is 0.488 e. The molecule has 0 spiro atoms. The molecule has 4 rings (SSSR count). The molecular formula is C29H32N4O3. The summed E-state index contributed by atoms with van der Waals surface area (Å²) in [6.45, 7) is 7.06. The number of piperidine rings is 1. The Kier molecular flexibility index (Phi) is 7.44. The number of carbonyl (C=O) groups excluding carboxylic acids is 1. The summed E-state index contributed by atoms with van der Waals surface area (Å²) in [6.07, 6.45) is 1.30. The van der Waals surface area contributed by atoms with Crippen LogP contribution in [0.15, 0.2) is 60.7 Å². The summed E-state index contributed by atoms with van der Waals surface area (Å²) in [6, 6.07) is 21.8. The van der Waals surface area contributed by atoms with Crippen LogP contribution in [0.5, 0.6) is 5.75 Å². The van der Waals surface area contributed by atoms with Crippen molar-refractivity contribution in [2.24, 2.45) is 0 Å². The minimum Gasteiger partial charge on any atom is -0.488 e. The molecule has 36 heavy (non-hydrogen) atoms. The van der Waals surface area contributed by atoms with E-state index in [0.29, 0.717) is 36.7 Å². The van der Waals surface area contributed by atoms with E-state index in [1.165, 1.54) is 0 Å². The zero-order valence-corrected chi connectivity index (χ0v) is 21.0. The van der Waals surface area contributed by atoms with Crippen molar-refractivity contribution >= 4 is 11.9 Å². The van der Waals surface area contributed by atoms with Gasteiger partial charge in [0.15, 0.2) is 0 Å². The fourth-order valence-corrected chi connectivity index (χ4v) is 4.43. The highest BCUT2D eigenvalue weighted by molar-refractivity contribution is 5.72. The number of aromatic nitrogens is 1. The van der Waals surface area contributed by atoms with Gasteiger partial charge in [0.05, 0.1) is 11.3 Å². The number of hydrogen-bond donors (Lipinski definition) is 1. The molecule has 1 aromatic heterocycles. The van der Waals surface area contributed by atoms with Gasteiger partial charge in [-0.05, 0) is 62.9 Å². The van der Waals surface area contributed by atoms with E-state index in [0.717, 1.165) is 29.5 Å². The summed E-state index contributed by atoms with van der Waals surface area (Å²) < 4.78 is 11.7. The number of para-hydroxylation sites is 1. The molecule has 1 aliphatic rings. The molecule has 0 aliphatic carbocycles. The maximum Gasteiger partial charge on any atom is 0.410 e. The molecule has 0 radical (unpaired) electrons. The van der Waals surface area contributed by atoms with Crippen molar-refractivity contribution in [3.05, 3.63) is 77.4 Å². The predicted molar refractivity (Wildman–Crippen MR) is 139 cm³/mol. The van der Waals surface area contributed by atoms with Crippen molar-refractivity contribution in [2.45, 2.75) is 51.7 Å². The zero-order valence-electron chi connectivity index (χ0n) is 21.0. The van der Waals surface area contributed by atoms with E-state index < -0.39 is 5.60 Å². The second-order valence-corrected chi connectivity index (χ2v) is 10.0. The molecule has 186 valence electrons. The molecule has 1 aliphatic heterocycles. The summed E-state index contributed by atoms with van der Waals surface area (Å²) in [5.41, 5.74) is 9.37. The summed E-state index contributed by atoms with van der Waals surface area (Å²) in [7, 11) is 0. The number of nitrogen functional groups attached to an aromatic ring is 1. The number of benzene rings is 2. The lowest BCUT2D eigenvalue weighted by Gasteiger charge is -2.34. The molecule has 2 heterocycles. The SMILES string of the molecule is CC(C)(C)OC(=O)N1CCCC(c2cc(-c3ccccc3OCc3ccccc3)nc(N)c2C#N)C1. The lowest BCUT2D eigenvalue weighted by molar-refractivity contribution is 0.0198. The molecule has 1 fully saturated rings. The monoisotopic (exact) mass is 484 g/mol. The highest BCUT2D eigenvalue weighted by atomic mass is 16.6. The van der Waals surface area contributed by atoms with Crippen molar-refractivity contribution in [3.8, 4) is 23.1 Å². The van der Waals surface area contributed by atoms with Crippen LogP contribution in [0.3, 0.4) is 0 Å². The van der Waals surface area contributed by atoms with Gasteiger partial charge in [-0.1, -0.05) is 42.5 Å². The Bertz CT molecular complexity index is 1260. The van der Waals surface area contributed by atoms with Crippen LogP contribution in [-0.4, -0.2) is 34.7 Å². The van der Waals surface area contributed by atoms with Crippen molar-refractivity contribution in [1.29, 1.82) is 5.26 Å². The Morgan fingerprint density at radius 3 is 2.61 bits per heavy atom. The van der Waals surface area contributed by atoms with Crippen molar-refractivity contribution in [1.82, 2.24) is 9.88 Å². The smallest absolute Gasteiger partial charge is 0.410 e. The lowest BCUT2D eigenvalue weighted by Crippen LogP contribution is -2.42. The van der Waals surface area contributed by atoms with Crippen LogP contribution >= 0.6 is 0 Å². The van der Waals surface area contributed by atoms with E-state index in [9.17, 15) is 10.1 Å². The second kappa shape index (κ2) is 10.7. The Balaban J connectivity index is 1.64. The predicted octanol–water partition coefficient (Wildman–Crippen LogP) is 5.90. The Morgan fingerprint density at radius 1 is 1.17 bits per heavy atom. The molecule has 1 unspecified atom stereocenters. The third-order valence-corrected chi connectivity index (χ3v) is 6.10. The van der Waals surface area contributed by atoms with E-state index in [-0.39, 0.29) is 17.8 Å². The number of nitrogens with two attached hydrogens (primary N) is 1. The molecule has 2 N–H and O–H groups in total. The maximum atomic E-state index is 12.7. The van der Waals surface area contributed by atoms with E-state index in [4.69, 9.17) is 15.2 Å². The number of nitrogens with zero attached hydrogens (tertiary/aromatic N) is 3. The van der Waals surface area contributed by atoms with E-state index in [1.807, 2.05) is 81.4 Å². The zero-order chi connectivity index (χ0) is 25.7. The second-order valence-electron chi connectivity index (χ2n) is 10.0. The first-order valence-corrected chi connectivity index (χ1v) is 12.2. The standard InChI is InChI=1S/C29H32N4O3/c1-29(2,3)36-28(34)33-15-9-12-21(18-33)23-16-25(32-27(31)24(23)17-30)22-13-7-8-14-26(22)35-19-20-10-5-4-6-11-20/h4-8,10-11,13-14,16,21H,9,12,15,18-19H2,1-3H3,(H2,31,32). The number of rotatable bonds is 5. The normalized spacial score (nSPS) is 15.7. The molecule has 0 bridgehead atoms. The van der Waals surface area contributed by atoms with Gasteiger partial charge in [-0.3, -0.25) is 0 Å². The van der Waals surface area contributed by atoms with Crippen LogP contribution in [0.4, 0.5) is 10.6 Å². The highest BCUT2D eigenvalue weighted by Gasteiger charge is 2.30. The van der Waals surface area contributed by atoms with Gasteiger partial charge in [-0.2, -0.15) is 5.26 Å². The molecule has 3 aromatic rings. The third-order valence-electron chi connectivity index (χ3n) is 6.10. The molecule has 1 amide bonds. The number of nitriles is 1. The Hall–Kier alpha value is -4.05. The summed E-state index contributed by atoms with van der Waals surface area (Å²) in [5, 5.41) is 9.88. The molecule has 1 saturated heterocycles. The van der Waals surface area contributed by atoms with Gasteiger partial charge in [-0.15, -0.1) is 0 Å². The number of amides is 1. The van der Waals surface area contributed by atoms with Crippen LogP contribution in [0, 0.1) is 11.3 Å². The molecule has 0 saturated carbocycles. The number of likely N-dealkylation sites (tertiary alicyclic amines) is 1. The van der Waals surface area contributed by atoms with Crippen LogP contribution in [0.2, 0.25) is 0 Å². The first kappa shape index (κ1) is 25.1. The van der Waals surface area contributed by atoms with Crippen LogP contribution in [0.25, 0.3) is 11.3 Å². The minimum atomic E-state index is -0.570. The van der Waals surface area contributed by atoms with Crippen LogP contribution in [0.1, 0.15) is 56.2 Å². The number of anilines is 1. The number of pyridine rings is 1. The quantitative estimate of drug-likeness (QED) is 0.484. The molecular weight excluding hydrogens is 452 g/mol. The van der Waals surface area contributed by atoms with Gasteiger partial charge in [0, 0.05) is 24.6 Å². The average Bonchev–Trinajstić information content (AvgIpc) is 2.87. The Labute approximate surface area is 212 Å². The van der Waals surface area contributed by atoms with E-state index >= 15 is 0 Å². The van der Waals surface area contributed by atoms with Crippen LogP contribution < -0.4 is 10.5 Å². The molecule has 2 aromatic carbocycles. The molecule has 1 atom stereocenters. The van der Waals surface area contributed by atoms with E-state index in [2.05, 4.69) is 11.1 Å². The Morgan fingerprint density at radius 2 is 1.89 bits per heavy atom. The topological polar surface area (TPSA) is 101 Å². The van der Waals surface area contributed by atoms with Gasteiger partial charge in [0.25, 0.3) is 0 Å². The van der Waals surface area contributed by atoms with Crippen LogP contribution in [-0.2, 0) is 11.3 Å². The summed E-state index contributed by atoms with van der Waals surface area (Å²) in [5.74, 6) is 0.808. The molecule has 7 heteroatoms. The number of carbonyl (C=O) groups is 1. The highest BCUT2D eigenvalue weighted by Crippen LogP contribution is 2.36. The van der Waals surface area contributed by atoms with Gasteiger partial charge in [0.2, 0.25) is 0 Å². The van der Waals surface area contributed by atoms with E-state index in [1.54, 1.807) is 4.90 Å². The maximum absolute atomic E-state index is 12.7. The lowest BCUT2D eigenvalue weighted by atomic mass is 9.87.